The molecule has 78 valence electrons. The summed E-state index contributed by atoms with van der Waals surface area (Å²) in [6, 6.07) is 9.74. The van der Waals surface area contributed by atoms with Crippen molar-refractivity contribution < 1.29 is 14.3 Å². The van der Waals surface area contributed by atoms with Gasteiger partial charge in [0.1, 0.15) is 0 Å². The van der Waals surface area contributed by atoms with Crippen LogP contribution in [-0.2, 0) is 20.7 Å². The summed E-state index contributed by atoms with van der Waals surface area (Å²) in [4.78, 5) is 20.9. The number of esters is 1. The second-order valence-corrected chi connectivity index (χ2v) is 3.09. The zero-order valence-electron chi connectivity index (χ0n) is 8.31. The van der Waals surface area contributed by atoms with Crippen LogP contribution in [0.15, 0.2) is 42.5 Å². The minimum absolute atomic E-state index is 0.121. The molecule has 0 radical (unpaired) electrons. The van der Waals surface area contributed by atoms with Crippen LogP contribution in [0.25, 0.3) is 0 Å². The van der Waals surface area contributed by atoms with E-state index in [1.165, 1.54) is 0 Å². The lowest BCUT2D eigenvalue weighted by atomic mass is 10.1. The van der Waals surface area contributed by atoms with E-state index in [0.29, 0.717) is 18.4 Å². The average Bonchev–Trinajstić information content (AvgIpc) is 2.27. The van der Waals surface area contributed by atoms with Crippen molar-refractivity contribution in [1.82, 2.24) is 0 Å². The molecule has 0 fully saturated rings. The van der Waals surface area contributed by atoms with Crippen LogP contribution in [0.1, 0.15) is 12.0 Å². The smallest absolute Gasteiger partial charge is 0.340 e. The quantitative estimate of drug-likeness (QED) is 0.318. The molecule has 0 spiro atoms. The molecule has 0 N–H and O–H groups in total. The van der Waals surface area contributed by atoms with E-state index < -0.39 is 5.97 Å². The van der Waals surface area contributed by atoms with Crippen molar-refractivity contribution in [2.45, 2.75) is 12.8 Å². The van der Waals surface area contributed by atoms with Crippen molar-refractivity contribution >= 4 is 12.4 Å². The van der Waals surface area contributed by atoms with Crippen LogP contribution in [0.4, 0.5) is 0 Å². The number of hydrogen-bond acceptors (Lipinski definition) is 3. The first-order chi connectivity index (χ1) is 7.24. The van der Waals surface area contributed by atoms with Gasteiger partial charge in [-0.15, -0.1) is 0 Å². The molecule has 0 aliphatic carbocycles. The topological polar surface area (TPSA) is 43.4 Å². The minimum Gasteiger partial charge on any atom is -0.392 e. The molecule has 0 atom stereocenters. The minimum atomic E-state index is -0.652. The van der Waals surface area contributed by atoms with Crippen molar-refractivity contribution in [3.63, 3.8) is 0 Å². The Hall–Kier alpha value is -1.90. The molecule has 1 aromatic carbocycles. The normalized spacial score (nSPS) is 9.33. The highest BCUT2D eigenvalue weighted by atomic mass is 16.6. The second kappa shape index (κ2) is 5.75. The summed E-state index contributed by atoms with van der Waals surface area (Å²) in [5, 5.41) is 0. The number of carbonyl (C=O) groups is 2. The summed E-state index contributed by atoms with van der Waals surface area (Å²) in [5.41, 5.74) is 1.43. The average molecular weight is 204 g/mol. The van der Waals surface area contributed by atoms with Gasteiger partial charge in [0.2, 0.25) is 0 Å². The third kappa shape index (κ3) is 3.77. The Morgan fingerprint density at radius 2 is 2.00 bits per heavy atom. The van der Waals surface area contributed by atoms with Crippen molar-refractivity contribution in [1.29, 1.82) is 0 Å². The highest BCUT2D eigenvalue weighted by Gasteiger charge is 2.07. The molecule has 0 heterocycles. The lowest BCUT2D eigenvalue weighted by molar-refractivity contribution is -0.148. The van der Waals surface area contributed by atoms with Crippen LogP contribution in [-0.4, -0.2) is 12.4 Å². The van der Waals surface area contributed by atoms with Gasteiger partial charge in [0, 0.05) is 5.57 Å². The van der Waals surface area contributed by atoms with Gasteiger partial charge in [-0.3, -0.25) is 4.79 Å². The molecule has 0 unspecified atom stereocenters. The maximum Gasteiger partial charge on any atom is 0.340 e. The van der Waals surface area contributed by atoms with Crippen molar-refractivity contribution in [2.24, 2.45) is 0 Å². The first kappa shape index (κ1) is 11.2. The van der Waals surface area contributed by atoms with E-state index >= 15 is 0 Å². The number of ether oxygens (including phenoxy) is 1. The summed E-state index contributed by atoms with van der Waals surface area (Å²) in [7, 11) is 0. The molecular formula is C12H12O3. The Balaban J connectivity index is 2.41. The predicted octanol–water partition coefficient (Wildman–Crippen LogP) is 1.87. The van der Waals surface area contributed by atoms with Gasteiger partial charge in [-0.05, 0) is 18.4 Å². The number of rotatable bonds is 5. The van der Waals surface area contributed by atoms with Crippen LogP contribution >= 0.6 is 0 Å². The molecular weight excluding hydrogens is 192 g/mol. The first-order valence-corrected chi connectivity index (χ1v) is 4.60. The third-order valence-corrected chi connectivity index (χ3v) is 2.00. The molecule has 3 heteroatoms. The maximum atomic E-state index is 11.0. The van der Waals surface area contributed by atoms with E-state index in [4.69, 9.17) is 0 Å². The second-order valence-electron chi connectivity index (χ2n) is 3.09. The van der Waals surface area contributed by atoms with Gasteiger partial charge >= 0.3 is 12.4 Å². The molecule has 1 aromatic rings. The van der Waals surface area contributed by atoms with Crippen LogP contribution < -0.4 is 0 Å². The lowest BCUT2D eigenvalue weighted by Crippen LogP contribution is -2.06. The van der Waals surface area contributed by atoms with Gasteiger partial charge in [0.05, 0.1) is 0 Å². The molecule has 0 bridgehead atoms. The van der Waals surface area contributed by atoms with E-state index in [1.807, 2.05) is 30.3 Å². The first-order valence-electron chi connectivity index (χ1n) is 4.60. The summed E-state index contributed by atoms with van der Waals surface area (Å²) in [6.45, 7) is 3.68. The molecule has 0 saturated carbocycles. The van der Waals surface area contributed by atoms with E-state index in [1.54, 1.807) is 0 Å². The number of aryl methyl sites for hydroxylation is 1. The lowest BCUT2D eigenvalue weighted by Gasteiger charge is -2.02. The van der Waals surface area contributed by atoms with Crippen LogP contribution in [0.2, 0.25) is 0 Å². The molecule has 0 saturated heterocycles. The van der Waals surface area contributed by atoms with Gasteiger partial charge < -0.3 is 4.74 Å². The molecule has 0 aromatic heterocycles. The molecule has 0 aliphatic heterocycles. The van der Waals surface area contributed by atoms with Crippen LogP contribution in [0, 0.1) is 0 Å². The molecule has 1 rings (SSSR count). The zero-order chi connectivity index (χ0) is 11.1. The van der Waals surface area contributed by atoms with Crippen LogP contribution in [0.5, 0.6) is 0 Å². The van der Waals surface area contributed by atoms with Gasteiger partial charge in [-0.25, -0.2) is 4.79 Å². The highest BCUT2D eigenvalue weighted by molar-refractivity contribution is 5.91. The van der Waals surface area contributed by atoms with Crippen molar-refractivity contribution in [3.8, 4) is 0 Å². The van der Waals surface area contributed by atoms with E-state index in [2.05, 4.69) is 11.3 Å². The Morgan fingerprint density at radius 1 is 1.33 bits per heavy atom. The third-order valence-electron chi connectivity index (χ3n) is 2.00. The fraction of sp³-hybridized carbons (Fsp3) is 0.167. The summed E-state index contributed by atoms with van der Waals surface area (Å²) < 4.78 is 4.17. The maximum absolute atomic E-state index is 11.0. The Morgan fingerprint density at radius 3 is 2.60 bits per heavy atom. The Labute approximate surface area is 88.4 Å². The summed E-state index contributed by atoms with van der Waals surface area (Å²) >= 11 is 0. The van der Waals surface area contributed by atoms with Crippen molar-refractivity contribution in [3.05, 3.63) is 48.0 Å². The highest BCUT2D eigenvalue weighted by Crippen LogP contribution is 2.08. The SMILES string of the molecule is C=C(CCc1ccccc1)C(=O)OC=O. The Kier molecular flexibility index (Phi) is 4.29. The van der Waals surface area contributed by atoms with E-state index in [9.17, 15) is 9.59 Å². The molecule has 0 amide bonds. The zero-order valence-corrected chi connectivity index (χ0v) is 8.31. The fourth-order valence-corrected chi connectivity index (χ4v) is 1.17. The van der Waals surface area contributed by atoms with Crippen molar-refractivity contribution in [2.75, 3.05) is 0 Å². The van der Waals surface area contributed by atoms with Crippen LogP contribution in [0.3, 0.4) is 0 Å². The van der Waals surface area contributed by atoms with Gasteiger partial charge in [-0.1, -0.05) is 36.9 Å². The largest absolute Gasteiger partial charge is 0.392 e. The standard InChI is InChI=1S/C12H12O3/c1-10(12(14)15-9-13)7-8-11-5-3-2-4-6-11/h2-6,9H,1,7-8H2. The number of carbonyl (C=O) groups excluding carboxylic acids is 2. The molecule has 15 heavy (non-hydrogen) atoms. The van der Waals surface area contributed by atoms with E-state index in [-0.39, 0.29) is 6.47 Å². The summed E-state index contributed by atoms with van der Waals surface area (Å²) in [5.74, 6) is -0.652. The predicted molar refractivity (Wildman–Crippen MR) is 56.1 cm³/mol. The number of benzene rings is 1. The van der Waals surface area contributed by atoms with E-state index in [0.717, 1.165) is 5.56 Å². The molecule has 0 aliphatic rings. The number of hydrogen-bond donors (Lipinski definition) is 0. The Bertz CT molecular complexity index is 354. The van der Waals surface area contributed by atoms with Gasteiger partial charge in [-0.2, -0.15) is 0 Å². The fourth-order valence-electron chi connectivity index (χ4n) is 1.17. The van der Waals surface area contributed by atoms with Gasteiger partial charge in [0.15, 0.2) is 0 Å². The van der Waals surface area contributed by atoms with Gasteiger partial charge in [0.25, 0.3) is 0 Å². The summed E-state index contributed by atoms with van der Waals surface area (Å²) in [6.07, 6.45) is 1.21. The molecule has 3 nitrogen and oxygen atoms in total. The monoisotopic (exact) mass is 204 g/mol.